The van der Waals surface area contributed by atoms with E-state index in [4.69, 9.17) is 10.2 Å². The zero-order valence-electron chi connectivity index (χ0n) is 11.4. The molecular formula is C14H17N3O3S. The molecule has 0 fully saturated rings. The molecule has 0 radical (unpaired) electrons. The number of hydrogen-bond acceptors (Lipinski definition) is 5. The Kier molecular flexibility index (Phi) is 4.44. The number of amides is 2. The lowest BCUT2D eigenvalue weighted by atomic mass is 10.1. The lowest BCUT2D eigenvalue weighted by Gasteiger charge is -2.24. The van der Waals surface area contributed by atoms with E-state index in [9.17, 15) is 10.0 Å². The van der Waals surface area contributed by atoms with Crippen molar-refractivity contribution in [2.45, 2.75) is 17.8 Å². The van der Waals surface area contributed by atoms with Crippen LogP contribution in [0.1, 0.15) is 18.4 Å². The summed E-state index contributed by atoms with van der Waals surface area (Å²) < 4.78 is 5.69. The van der Waals surface area contributed by atoms with E-state index < -0.39 is 16.9 Å². The second-order valence-electron chi connectivity index (χ2n) is 4.61. The first-order valence-corrected chi connectivity index (χ1v) is 6.77. The van der Waals surface area contributed by atoms with Gasteiger partial charge in [-0.05, 0) is 43.5 Å². The van der Waals surface area contributed by atoms with Gasteiger partial charge < -0.3 is 15.5 Å². The van der Waals surface area contributed by atoms with Crippen molar-refractivity contribution in [2.24, 2.45) is 5.73 Å². The number of furan rings is 1. The fourth-order valence-electron chi connectivity index (χ4n) is 1.79. The van der Waals surface area contributed by atoms with E-state index in [1.165, 1.54) is 0 Å². The van der Waals surface area contributed by atoms with Gasteiger partial charge in [-0.15, -0.1) is 12.6 Å². The van der Waals surface area contributed by atoms with E-state index in [1.807, 2.05) is 18.2 Å². The smallest absolute Gasteiger partial charge is 0.339 e. The molecule has 6 nitrogen and oxygen atoms in total. The number of allylic oxidation sites excluding steroid dienone is 2. The summed E-state index contributed by atoms with van der Waals surface area (Å²) in [5.41, 5.74) is 4.97. The van der Waals surface area contributed by atoms with Gasteiger partial charge >= 0.3 is 6.03 Å². The summed E-state index contributed by atoms with van der Waals surface area (Å²) in [6.45, 7) is 1.63. The second-order valence-corrected chi connectivity index (χ2v) is 5.32. The van der Waals surface area contributed by atoms with Gasteiger partial charge in [0, 0.05) is 0 Å². The molecule has 0 bridgehead atoms. The third kappa shape index (κ3) is 3.50. The highest BCUT2D eigenvalue weighted by Crippen LogP contribution is 2.30. The Morgan fingerprint density at radius 3 is 2.95 bits per heavy atom. The third-order valence-corrected chi connectivity index (χ3v) is 3.50. The van der Waals surface area contributed by atoms with Crippen LogP contribution in [-0.2, 0) is 4.87 Å². The number of nitrogens with one attached hydrogen (secondary N) is 1. The molecule has 2 heterocycles. The average Bonchev–Trinajstić information content (AvgIpc) is 2.94. The van der Waals surface area contributed by atoms with E-state index in [2.05, 4.69) is 17.9 Å². The van der Waals surface area contributed by atoms with Gasteiger partial charge in [0.25, 0.3) is 0 Å². The molecule has 2 unspecified atom stereocenters. The van der Waals surface area contributed by atoms with E-state index in [1.54, 1.807) is 37.4 Å². The predicted octanol–water partition coefficient (Wildman–Crippen LogP) is 2.21. The summed E-state index contributed by atoms with van der Waals surface area (Å²) in [7, 11) is 0. The molecule has 2 rings (SSSR count). The van der Waals surface area contributed by atoms with Gasteiger partial charge in [0.1, 0.15) is 11.5 Å². The molecule has 7 heteroatoms. The number of primary amides is 1. The minimum absolute atomic E-state index is 0.441. The number of thiol groups is 1. The summed E-state index contributed by atoms with van der Waals surface area (Å²) in [4.78, 5) is 10.1. The second kappa shape index (κ2) is 6.11. The first kappa shape index (κ1) is 15.3. The minimum Gasteiger partial charge on any atom is -0.458 e. The highest BCUT2D eigenvalue weighted by Gasteiger charge is 2.27. The molecule has 0 saturated carbocycles. The number of hydrogen-bond donors (Lipinski definition) is 4. The Morgan fingerprint density at radius 2 is 2.33 bits per heavy atom. The van der Waals surface area contributed by atoms with Crippen LogP contribution in [0.4, 0.5) is 4.79 Å². The zero-order valence-corrected chi connectivity index (χ0v) is 12.3. The van der Waals surface area contributed by atoms with Crippen LogP contribution in [0.15, 0.2) is 47.1 Å². The van der Waals surface area contributed by atoms with Crippen molar-refractivity contribution in [1.82, 2.24) is 10.4 Å². The molecule has 2 amide bonds. The molecule has 4 N–H and O–H groups in total. The average molecular weight is 307 g/mol. The monoisotopic (exact) mass is 307 g/mol. The standard InChI is InChI=1S/C14H17N3O3S/c1-10(17(19)13(15)18)4-5-11-6-7-12(20-11)14(21)8-2-3-9-16-14/h2-10,16,19,21H,1H3,(H2,15,18)/b5-4+. The highest BCUT2D eigenvalue weighted by atomic mass is 32.1. The third-order valence-electron chi connectivity index (χ3n) is 3.00. The van der Waals surface area contributed by atoms with Gasteiger partial charge in [-0.3, -0.25) is 5.21 Å². The number of carbonyl (C=O) groups is 1. The number of urea groups is 1. The molecule has 1 aliphatic rings. The topological polar surface area (TPSA) is 91.7 Å². The van der Waals surface area contributed by atoms with Crippen molar-refractivity contribution < 1.29 is 14.4 Å². The Bertz CT molecular complexity index is 608. The Labute approximate surface area is 128 Å². The number of dihydropyridines is 1. The van der Waals surface area contributed by atoms with Crippen LogP contribution in [0.2, 0.25) is 0 Å². The van der Waals surface area contributed by atoms with Crippen molar-refractivity contribution in [2.75, 3.05) is 0 Å². The largest absolute Gasteiger partial charge is 0.458 e. The van der Waals surface area contributed by atoms with Crippen LogP contribution in [-0.4, -0.2) is 22.3 Å². The van der Waals surface area contributed by atoms with Gasteiger partial charge in [-0.2, -0.15) is 5.06 Å². The van der Waals surface area contributed by atoms with Crippen LogP contribution < -0.4 is 11.1 Å². The van der Waals surface area contributed by atoms with Gasteiger partial charge in [-0.1, -0.05) is 12.2 Å². The van der Waals surface area contributed by atoms with Crippen LogP contribution in [0.3, 0.4) is 0 Å². The van der Waals surface area contributed by atoms with Crippen molar-refractivity contribution in [3.63, 3.8) is 0 Å². The number of nitrogens with two attached hydrogens (primary N) is 1. The van der Waals surface area contributed by atoms with Gasteiger partial charge in [0.05, 0.1) is 6.04 Å². The summed E-state index contributed by atoms with van der Waals surface area (Å²) in [6.07, 6.45) is 10.6. The number of nitrogens with zero attached hydrogens (tertiary/aromatic N) is 1. The molecule has 1 aromatic heterocycles. The summed E-state index contributed by atoms with van der Waals surface area (Å²) in [5.74, 6) is 1.21. The van der Waals surface area contributed by atoms with Gasteiger partial charge in [0.2, 0.25) is 0 Å². The maximum Gasteiger partial charge on any atom is 0.339 e. The number of rotatable bonds is 4. The van der Waals surface area contributed by atoms with Crippen molar-refractivity contribution in [3.05, 3.63) is 54.2 Å². The Morgan fingerprint density at radius 1 is 1.57 bits per heavy atom. The fourth-order valence-corrected chi connectivity index (χ4v) is 2.07. The lowest BCUT2D eigenvalue weighted by molar-refractivity contribution is -0.0560. The normalized spacial score (nSPS) is 22.2. The molecule has 0 saturated heterocycles. The predicted molar refractivity (Wildman–Crippen MR) is 82.5 cm³/mol. The molecule has 0 aliphatic carbocycles. The van der Waals surface area contributed by atoms with E-state index in [0.29, 0.717) is 16.6 Å². The van der Waals surface area contributed by atoms with Crippen LogP contribution >= 0.6 is 12.6 Å². The van der Waals surface area contributed by atoms with Crippen LogP contribution in [0, 0.1) is 0 Å². The minimum atomic E-state index is -0.912. The Hall–Kier alpha value is -2.12. The van der Waals surface area contributed by atoms with E-state index in [0.717, 1.165) is 0 Å². The molecule has 1 aliphatic heterocycles. The quantitative estimate of drug-likeness (QED) is 0.390. The highest BCUT2D eigenvalue weighted by molar-refractivity contribution is 7.81. The Balaban J connectivity index is 2.08. The number of carbonyl (C=O) groups excluding carboxylic acids is 1. The fraction of sp³-hybridized carbons (Fsp3) is 0.214. The van der Waals surface area contributed by atoms with Gasteiger partial charge in [-0.25, -0.2) is 4.79 Å². The van der Waals surface area contributed by atoms with Crippen molar-refractivity contribution in [3.8, 4) is 0 Å². The first-order chi connectivity index (χ1) is 9.92. The van der Waals surface area contributed by atoms with E-state index >= 15 is 0 Å². The van der Waals surface area contributed by atoms with E-state index in [-0.39, 0.29) is 0 Å². The van der Waals surface area contributed by atoms with Crippen LogP contribution in [0.5, 0.6) is 0 Å². The molecular weight excluding hydrogens is 290 g/mol. The summed E-state index contributed by atoms with van der Waals surface area (Å²) in [5, 5.41) is 12.9. The number of hydroxylamine groups is 2. The lowest BCUT2D eigenvalue weighted by Crippen LogP contribution is -2.38. The molecule has 0 spiro atoms. The van der Waals surface area contributed by atoms with Gasteiger partial charge in [0.15, 0.2) is 4.87 Å². The zero-order chi connectivity index (χ0) is 15.5. The summed E-state index contributed by atoms with van der Waals surface area (Å²) in [6, 6.07) is 2.11. The van der Waals surface area contributed by atoms with Crippen molar-refractivity contribution in [1.29, 1.82) is 0 Å². The molecule has 112 valence electrons. The molecule has 0 aromatic carbocycles. The SMILES string of the molecule is CC(/C=C/c1ccc(C2(S)C=CC=CN2)o1)N(O)C(N)=O. The summed E-state index contributed by atoms with van der Waals surface area (Å²) >= 11 is 4.54. The molecule has 1 aromatic rings. The van der Waals surface area contributed by atoms with Crippen LogP contribution in [0.25, 0.3) is 6.08 Å². The molecule has 21 heavy (non-hydrogen) atoms. The molecule has 2 atom stereocenters. The van der Waals surface area contributed by atoms with Crippen molar-refractivity contribution >= 4 is 24.7 Å². The first-order valence-electron chi connectivity index (χ1n) is 6.33. The maximum absolute atomic E-state index is 10.8. The maximum atomic E-state index is 10.8.